The van der Waals surface area contributed by atoms with Crippen molar-refractivity contribution in [1.82, 2.24) is 0 Å². The zero-order chi connectivity index (χ0) is 11.0. The van der Waals surface area contributed by atoms with Crippen LogP contribution in [0.15, 0.2) is 12.2 Å². The summed E-state index contributed by atoms with van der Waals surface area (Å²) in [5.41, 5.74) is 0. The van der Waals surface area contributed by atoms with Crippen molar-refractivity contribution in [2.75, 3.05) is 14.2 Å². The van der Waals surface area contributed by atoms with Gasteiger partial charge in [-0.1, -0.05) is 19.1 Å². The quantitative estimate of drug-likeness (QED) is 0.381. The monoisotopic (exact) mass is 200 g/mol. The van der Waals surface area contributed by atoms with E-state index in [1.165, 1.54) is 14.2 Å². The molecule has 0 aromatic heterocycles. The molecule has 0 aliphatic heterocycles. The van der Waals surface area contributed by atoms with Gasteiger partial charge in [0.05, 0.1) is 14.2 Å². The van der Waals surface area contributed by atoms with E-state index in [4.69, 9.17) is 0 Å². The normalized spacial score (nSPS) is 10.6. The van der Waals surface area contributed by atoms with Crippen molar-refractivity contribution in [3.63, 3.8) is 0 Å². The molecule has 4 nitrogen and oxygen atoms in total. The molecule has 0 radical (unpaired) electrons. The maximum absolute atomic E-state index is 11.1. The summed E-state index contributed by atoms with van der Waals surface area (Å²) in [6, 6.07) is 0. The van der Waals surface area contributed by atoms with Gasteiger partial charge in [0.25, 0.3) is 0 Å². The lowest BCUT2D eigenvalue weighted by Crippen LogP contribution is -2.25. The fraction of sp³-hybridized carbons (Fsp3) is 0.600. The predicted molar refractivity (Wildman–Crippen MR) is 51.6 cm³/mol. The number of methoxy groups -OCH3 is 2. The van der Waals surface area contributed by atoms with Crippen LogP contribution in [0.3, 0.4) is 0 Å². The second-order valence-electron chi connectivity index (χ2n) is 2.71. The molecule has 0 rings (SSSR count). The summed E-state index contributed by atoms with van der Waals surface area (Å²) in [6.07, 6.45) is 4.86. The first-order valence-electron chi connectivity index (χ1n) is 4.48. The van der Waals surface area contributed by atoms with Crippen LogP contribution in [0.1, 0.15) is 19.8 Å². The van der Waals surface area contributed by atoms with Crippen LogP contribution in [0.2, 0.25) is 0 Å². The minimum Gasteiger partial charge on any atom is -0.468 e. The highest BCUT2D eigenvalue weighted by Crippen LogP contribution is 2.09. The highest BCUT2D eigenvalue weighted by molar-refractivity contribution is 5.94. The van der Waals surface area contributed by atoms with Crippen LogP contribution in [0, 0.1) is 5.92 Å². The molecule has 4 heteroatoms. The smallest absolute Gasteiger partial charge is 0.320 e. The molecule has 0 aliphatic rings. The highest BCUT2D eigenvalue weighted by Gasteiger charge is 2.26. The van der Waals surface area contributed by atoms with Crippen LogP contribution in [-0.4, -0.2) is 26.2 Å². The summed E-state index contributed by atoms with van der Waals surface area (Å²) >= 11 is 0. The predicted octanol–water partition coefficient (Wildman–Crippen LogP) is 1.30. The standard InChI is InChI=1S/C10H16O4/c1-4-5-6-7-8(9(11)13-2)10(12)14-3/h5-6,8H,4,7H2,1-3H3/b6-5+. The average Bonchev–Trinajstić information content (AvgIpc) is 2.22. The fourth-order valence-electron chi connectivity index (χ4n) is 0.972. The maximum Gasteiger partial charge on any atom is 0.320 e. The molecule has 0 N–H and O–H groups in total. The minimum atomic E-state index is -0.840. The molecule has 0 spiro atoms. The largest absolute Gasteiger partial charge is 0.468 e. The third kappa shape index (κ3) is 4.07. The summed E-state index contributed by atoms with van der Waals surface area (Å²) < 4.78 is 8.98. The van der Waals surface area contributed by atoms with Crippen molar-refractivity contribution in [3.05, 3.63) is 12.2 Å². The molecule has 0 aromatic carbocycles. The van der Waals surface area contributed by atoms with Crippen molar-refractivity contribution in [2.24, 2.45) is 5.92 Å². The van der Waals surface area contributed by atoms with Gasteiger partial charge in [0.15, 0.2) is 5.92 Å². The van der Waals surface area contributed by atoms with Crippen LogP contribution in [-0.2, 0) is 19.1 Å². The maximum atomic E-state index is 11.1. The molecule has 0 aromatic rings. The lowest BCUT2D eigenvalue weighted by Gasteiger charge is -2.09. The second kappa shape index (κ2) is 7.12. The molecule has 0 saturated carbocycles. The summed E-state index contributed by atoms with van der Waals surface area (Å²) in [6.45, 7) is 1.97. The van der Waals surface area contributed by atoms with Gasteiger partial charge in [-0.3, -0.25) is 9.59 Å². The molecule has 14 heavy (non-hydrogen) atoms. The van der Waals surface area contributed by atoms with Gasteiger partial charge in [-0.2, -0.15) is 0 Å². The van der Waals surface area contributed by atoms with E-state index in [1.54, 1.807) is 6.08 Å². The van der Waals surface area contributed by atoms with Crippen LogP contribution < -0.4 is 0 Å². The lowest BCUT2D eigenvalue weighted by atomic mass is 10.1. The number of allylic oxidation sites excluding steroid dienone is 2. The number of hydrogen-bond acceptors (Lipinski definition) is 4. The first-order chi connectivity index (χ1) is 6.67. The third-order valence-electron chi connectivity index (χ3n) is 1.75. The molecule has 0 atom stereocenters. The minimum absolute atomic E-state index is 0.327. The third-order valence-corrected chi connectivity index (χ3v) is 1.75. The first kappa shape index (κ1) is 12.7. The number of rotatable bonds is 5. The van der Waals surface area contributed by atoms with Crippen LogP contribution in [0.4, 0.5) is 0 Å². The number of carbonyl (C=O) groups excluding carboxylic acids is 2. The molecule has 0 aliphatic carbocycles. The zero-order valence-corrected chi connectivity index (χ0v) is 8.78. The van der Waals surface area contributed by atoms with E-state index in [0.717, 1.165) is 6.42 Å². The van der Waals surface area contributed by atoms with E-state index < -0.39 is 17.9 Å². The van der Waals surface area contributed by atoms with Gasteiger partial charge in [0.1, 0.15) is 0 Å². The molecule has 0 fully saturated rings. The second-order valence-corrected chi connectivity index (χ2v) is 2.71. The molecule has 0 heterocycles. The van der Waals surface area contributed by atoms with Crippen LogP contribution in [0.25, 0.3) is 0 Å². The molecule has 0 unspecified atom stereocenters. The summed E-state index contributed by atoms with van der Waals surface area (Å²) in [4.78, 5) is 22.3. The van der Waals surface area contributed by atoms with E-state index in [-0.39, 0.29) is 0 Å². The number of hydrogen-bond donors (Lipinski definition) is 0. The molecular formula is C10H16O4. The van der Waals surface area contributed by atoms with E-state index in [0.29, 0.717) is 6.42 Å². The Hall–Kier alpha value is -1.32. The Morgan fingerprint density at radius 1 is 1.14 bits per heavy atom. The average molecular weight is 200 g/mol. The van der Waals surface area contributed by atoms with Crippen LogP contribution in [0.5, 0.6) is 0 Å². The Labute approximate surface area is 83.9 Å². The number of esters is 2. The summed E-state index contributed by atoms with van der Waals surface area (Å²) in [7, 11) is 2.50. The van der Waals surface area contributed by atoms with Crippen molar-refractivity contribution in [3.8, 4) is 0 Å². The van der Waals surface area contributed by atoms with E-state index in [9.17, 15) is 9.59 Å². The highest BCUT2D eigenvalue weighted by atomic mass is 16.5. The van der Waals surface area contributed by atoms with Gasteiger partial charge >= 0.3 is 11.9 Å². The van der Waals surface area contributed by atoms with E-state index >= 15 is 0 Å². The van der Waals surface area contributed by atoms with Gasteiger partial charge < -0.3 is 9.47 Å². The Balaban J connectivity index is 4.32. The van der Waals surface area contributed by atoms with Crippen molar-refractivity contribution >= 4 is 11.9 Å². The van der Waals surface area contributed by atoms with Gasteiger partial charge in [-0.15, -0.1) is 0 Å². The Morgan fingerprint density at radius 3 is 2.00 bits per heavy atom. The topological polar surface area (TPSA) is 52.6 Å². The summed E-state index contributed by atoms with van der Waals surface area (Å²) in [5.74, 6) is -1.96. The van der Waals surface area contributed by atoms with Crippen molar-refractivity contribution < 1.29 is 19.1 Å². The number of carbonyl (C=O) groups is 2. The van der Waals surface area contributed by atoms with E-state index in [1.807, 2.05) is 13.0 Å². The van der Waals surface area contributed by atoms with Gasteiger partial charge in [0, 0.05) is 0 Å². The molecule has 0 bridgehead atoms. The Morgan fingerprint density at radius 2 is 1.64 bits per heavy atom. The van der Waals surface area contributed by atoms with Crippen molar-refractivity contribution in [2.45, 2.75) is 19.8 Å². The molecule has 80 valence electrons. The molecule has 0 amide bonds. The summed E-state index contributed by atoms with van der Waals surface area (Å²) in [5, 5.41) is 0. The van der Waals surface area contributed by atoms with Gasteiger partial charge in [0.2, 0.25) is 0 Å². The Kier molecular flexibility index (Phi) is 6.45. The lowest BCUT2D eigenvalue weighted by molar-refractivity contribution is -0.158. The van der Waals surface area contributed by atoms with E-state index in [2.05, 4.69) is 9.47 Å². The molecule has 0 saturated heterocycles. The van der Waals surface area contributed by atoms with Crippen molar-refractivity contribution in [1.29, 1.82) is 0 Å². The fourth-order valence-corrected chi connectivity index (χ4v) is 0.972. The van der Waals surface area contributed by atoms with Crippen LogP contribution >= 0.6 is 0 Å². The van der Waals surface area contributed by atoms with Gasteiger partial charge in [-0.05, 0) is 12.8 Å². The first-order valence-corrected chi connectivity index (χ1v) is 4.48. The number of ether oxygens (including phenoxy) is 2. The Bertz CT molecular complexity index is 204. The molecular weight excluding hydrogens is 184 g/mol. The SMILES string of the molecule is CC/C=C/CC(C(=O)OC)C(=O)OC. The van der Waals surface area contributed by atoms with Gasteiger partial charge in [-0.25, -0.2) is 0 Å². The zero-order valence-electron chi connectivity index (χ0n) is 8.78.